The highest BCUT2D eigenvalue weighted by Gasteiger charge is 2.05. The molecule has 29 heavy (non-hydrogen) atoms. The van der Waals surface area contributed by atoms with Crippen molar-refractivity contribution < 1.29 is 9.53 Å². The first-order valence-electron chi connectivity index (χ1n) is 9.09. The summed E-state index contributed by atoms with van der Waals surface area (Å²) in [6, 6.07) is 21.5. The lowest BCUT2D eigenvalue weighted by atomic mass is 10.1. The van der Waals surface area contributed by atoms with Gasteiger partial charge in [-0.05, 0) is 47.5 Å². The van der Waals surface area contributed by atoms with Crippen molar-refractivity contribution in [3.63, 3.8) is 0 Å². The van der Waals surface area contributed by atoms with Crippen LogP contribution in [0, 0.1) is 6.92 Å². The number of rotatable bonds is 5. The Hall–Kier alpha value is -3.44. The van der Waals surface area contributed by atoms with Gasteiger partial charge in [0.2, 0.25) is 0 Å². The minimum absolute atomic E-state index is 0.140. The van der Waals surface area contributed by atoms with Gasteiger partial charge in [0.1, 0.15) is 10.9 Å². The molecule has 0 saturated carbocycles. The van der Waals surface area contributed by atoms with E-state index in [1.54, 1.807) is 0 Å². The average molecular weight is 404 g/mol. The summed E-state index contributed by atoms with van der Waals surface area (Å²) >= 11 is 6.22. The van der Waals surface area contributed by atoms with Crippen LogP contribution in [0.15, 0.2) is 71.8 Å². The minimum Gasteiger partial charge on any atom is -0.484 e. The molecule has 1 N–H and O–H groups in total. The van der Waals surface area contributed by atoms with Gasteiger partial charge in [0.15, 0.2) is 6.61 Å². The van der Waals surface area contributed by atoms with Crippen LogP contribution in [0.1, 0.15) is 11.1 Å². The van der Waals surface area contributed by atoms with E-state index in [0.717, 1.165) is 27.2 Å². The predicted octanol–water partition coefficient (Wildman–Crippen LogP) is 4.88. The second-order valence-corrected chi connectivity index (χ2v) is 7.01. The molecule has 1 aromatic heterocycles. The van der Waals surface area contributed by atoms with Crippen LogP contribution in [0.2, 0.25) is 5.15 Å². The number of nitrogens with zero attached hydrogens (tertiary/aromatic N) is 2. The second kappa shape index (κ2) is 8.29. The molecule has 6 heteroatoms. The number of hydrogen-bond donors (Lipinski definition) is 1. The molecule has 1 amide bonds. The number of carbonyl (C=O) groups excluding carboxylic acids is 1. The minimum atomic E-state index is -0.366. The number of fused-ring (bicyclic) bond motifs is 2. The summed E-state index contributed by atoms with van der Waals surface area (Å²) in [6.07, 6.45) is 1.47. The van der Waals surface area contributed by atoms with Crippen molar-refractivity contribution in [2.24, 2.45) is 5.10 Å². The number of hydrazone groups is 1. The van der Waals surface area contributed by atoms with E-state index in [4.69, 9.17) is 16.3 Å². The number of halogens is 1. The largest absolute Gasteiger partial charge is 0.484 e. The fraction of sp³-hybridized carbons (Fsp3) is 0.0870. The van der Waals surface area contributed by atoms with Crippen LogP contribution in [0.25, 0.3) is 21.7 Å². The molecule has 0 aliphatic heterocycles. The van der Waals surface area contributed by atoms with E-state index in [2.05, 4.69) is 15.5 Å². The number of benzene rings is 3. The van der Waals surface area contributed by atoms with Crippen LogP contribution in [-0.4, -0.2) is 23.7 Å². The van der Waals surface area contributed by atoms with Crippen molar-refractivity contribution in [1.29, 1.82) is 0 Å². The van der Waals surface area contributed by atoms with E-state index in [0.29, 0.717) is 16.5 Å². The molecule has 0 aliphatic carbocycles. The Morgan fingerprint density at radius 3 is 2.72 bits per heavy atom. The first kappa shape index (κ1) is 18.9. The lowest BCUT2D eigenvalue weighted by Gasteiger charge is -2.06. The molecule has 0 radical (unpaired) electrons. The molecule has 0 spiro atoms. The summed E-state index contributed by atoms with van der Waals surface area (Å²) in [6.45, 7) is 1.86. The van der Waals surface area contributed by atoms with Crippen molar-refractivity contribution in [3.8, 4) is 5.75 Å². The number of aromatic nitrogens is 1. The molecule has 0 fully saturated rings. The van der Waals surface area contributed by atoms with Gasteiger partial charge >= 0.3 is 0 Å². The van der Waals surface area contributed by atoms with E-state index in [1.807, 2.05) is 73.7 Å². The lowest BCUT2D eigenvalue weighted by Crippen LogP contribution is -2.24. The molecule has 0 aliphatic rings. The molecule has 5 nitrogen and oxygen atoms in total. The van der Waals surface area contributed by atoms with Crippen LogP contribution >= 0.6 is 11.6 Å². The first-order chi connectivity index (χ1) is 14.1. The fourth-order valence-electron chi connectivity index (χ4n) is 2.97. The van der Waals surface area contributed by atoms with Crippen LogP contribution in [0.5, 0.6) is 5.75 Å². The smallest absolute Gasteiger partial charge is 0.277 e. The van der Waals surface area contributed by atoms with Gasteiger partial charge < -0.3 is 4.74 Å². The molecule has 1 heterocycles. The van der Waals surface area contributed by atoms with Gasteiger partial charge in [-0.3, -0.25) is 4.79 Å². The maximum Gasteiger partial charge on any atom is 0.277 e. The Kier molecular flexibility index (Phi) is 5.40. The van der Waals surface area contributed by atoms with Crippen molar-refractivity contribution >= 4 is 45.4 Å². The Morgan fingerprint density at radius 1 is 1.07 bits per heavy atom. The van der Waals surface area contributed by atoms with Crippen molar-refractivity contribution in [2.75, 3.05) is 6.61 Å². The zero-order chi connectivity index (χ0) is 20.2. The Morgan fingerprint density at radius 2 is 1.86 bits per heavy atom. The number of carbonyl (C=O) groups is 1. The van der Waals surface area contributed by atoms with Gasteiger partial charge in [-0.25, -0.2) is 10.4 Å². The Labute approximate surface area is 173 Å². The monoisotopic (exact) mass is 403 g/mol. The van der Waals surface area contributed by atoms with Crippen LogP contribution in [0.4, 0.5) is 0 Å². The van der Waals surface area contributed by atoms with Crippen molar-refractivity contribution in [2.45, 2.75) is 6.92 Å². The summed E-state index contributed by atoms with van der Waals surface area (Å²) in [5, 5.41) is 7.41. The maximum absolute atomic E-state index is 12.0. The number of amides is 1. The van der Waals surface area contributed by atoms with E-state index in [1.165, 1.54) is 6.21 Å². The maximum atomic E-state index is 12.0. The molecule has 0 saturated heterocycles. The van der Waals surface area contributed by atoms with Gasteiger partial charge in [-0.1, -0.05) is 54.1 Å². The number of aryl methyl sites for hydroxylation is 1. The third kappa shape index (κ3) is 4.52. The van der Waals surface area contributed by atoms with Gasteiger partial charge in [0.25, 0.3) is 5.91 Å². The molecule has 0 atom stereocenters. The molecule has 0 unspecified atom stereocenters. The average Bonchev–Trinajstić information content (AvgIpc) is 2.72. The summed E-state index contributed by atoms with van der Waals surface area (Å²) in [7, 11) is 0. The van der Waals surface area contributed by atoms with E-state index >= 15 is 0 Å². The summed E-state index contributed by atoms with van der Waals surface area (Å²) in [4.78, 5) is 16.4. The molecule has 0 bridgehead atoms. The normalized spacial score (nSPS) is 11.2. The molecular weight excluding hydrogens is 386 g/mol. The number of pyridine rings is 1. The predicted molar refractivity (Wildman–Crippen MR) is 117 cm³/mol. The van der Waals surface area contributed by atoms with E-state index in [-0.39, 0.29) is 12.5 Å². The molecule has 144 valence electrons. The van der Waals surface area contributed by atoms with Crippen molar-refractivity contribution in [3.05, 3.63) is 83.0 Å². The SMILES string of the molecule is Cc1ccc2cc(/C=N\NC(=O)COc3ccc4ccccc4c3)c(Cl)nc2c1. The van der Waals surface area contributed by atoms with Gasteiger partial charge in [0, 0.05) is 10.9 Å². The Bertz CT molecular complexity index is 1240. The van der Waals surface area contributed by atoms with Crippen LogP contribution in [0.3, 0.4) is 0 Å². The highest BCUT2D eigenvalue weighted by Crippen LogP contribution is 2.21. The number of ether oxygens (including phenoxy) is 1. The third-order valence-corrected chi connectivity index (χ3v) is 4.74. The molecule has 3 aromatic carbocycles. The van der Waals surface area contributed by atoms with Crippen LogP contribution in [-0.2, 0) is 4.79 Å². The fourth-order valence-corrected chi connectivity index (χ4v) is 3.17. The number of nitrogens with one attached hydrogen (secondary N) is 1. The second-order valence-electron chi connectivity index (χ2n) is 6.66. The zero-order valence-corrected chi connectivity index (χ0v) is 16.5. The highest BCUT2D eigenvalue weighted by atomic mass is 35.5. The van der Waals surface area contributed by atoms with Gasteiger partial charge in [-0.15, -0.1) is 0 Å². The summed E-state index contributed by atoms with van der Waals surface area (Å²) < 4.78 is 5.55. The summed E-state index contributed by atoms with van der Waals surface area (Å²) in [5.41, 5.74) is 5.00. The van der Waals surface area contributed by atoms with E-state index in [9.17, 15) is 4.79 Å². The van der Waals surface area contributed by atoms with Crippen LogP contribution < -0.4 is 10.2 Å². The molecular formula is C23H18ClN3O2. The molecule has 4 aromatic rings. The van der Waals surface area contributed by atoms with E-state index < -0.39 is 0 Å². The summed E-state index contributed by atoms with van der Waals surface area (Å²) in [5.74, 6) is 0.259. The third-order valence-electron chi connectivity index (χ3n) is 4.44. The zero-order valence-electron chi connectivity index (χ0n) is 15.7. The quantitative estimate of drug-likeness (QED) is 0.293. The van der Waals surface area contributed by atoms with Crippen molar-refractivity contribution in [1.82, 2.24) is 10.4 Å². The van der Waals surface area contributed by atoms with Gasteiger partial charge in [-0.2, -0.15) is 5.10 Å². The first-order valence-corrected chi connectivity index (χ1v) is 9.47. The molecule has 4 rings (SSSR count). The standard InChI is InChI=1S/C23H18ClN3O2/c1-15-6-7-18-11-19(23(24)26-21(18)10-15)13-25-27-22(28)14-29-20-9-8-16-4-2-3-5-17(16)12-20/h2-13H,14H2,1H3,(H,27,28)/b25-13-. The van der Waals surface area contributed by atoms with Gasteiger partial charge in [0.05, 0.1) is 11.7 Å². The topological polar surface area (TPSA) is 63.6 Å². The lowest BCUT2D eigenvalue weighted by molar-refractivity contribution is -0.123. The number of hydrogen-bond acceptors (Lipinski definition) is 4. The Balaban J connectivity index is 1.37. The highest BCUT2D eigenvalue weighted by molar-refractivity contribution is 6.32.